The van der Waals surface area contributed by atoms with E-state index in [4.69, 9.17) is 0 Å². The smallest absolute Gasteiger partial charge is 0.177 e. The topological polar surface area (TPSA) is 20.3 Å². The maximum Gasteiger partial charge on any atom is 0.177 e. The molecule has 0 bridgehead atoms. The lowest BCUT2D eigenvalue weighted by Gasteiger charge is -2.38. The molecule has 0 N–H and O–H groups in total. The van der Waals surface area contributed by atoms with Gasteiger partial charge in [-0.2, -0.15) is 0 Å². The van der Waals surface area contributed by atoms with Crippen molar-refractivity contribution >= 4 is 5.78 Å². The van der Waals surface area contributed by atoms with Crippen LogP contribution in [0.25, 0.3) is 0 Å². The number of ketones is 1. The molecule has 0 heterocycles. The van der Waals surface area contributed by atoms with Gasteiger partial charge in [-0.25, -0.2) is 0 Å². The molecule has 0 saturated heterocycles. The summed E-state index contributed by atoms with van der Waals surface area (Å²) >= 11 is 0. The van der Waals surface area contributed by atoms with Crippen LogP contribution in [0.15, 0.2) is 84.9 Å². The van der Waals surface area contributed by atoms with Gasteiger partial charge >= 0.3 is 0 Å². The molecule has 0 aromatic heterocycles. The summed E-state index contributed by atoms with van der Waals surface area (Å²) in [5.41, 5.74) is 3.21. The molecule has 3 rings (SSSR count). The first-order valence-corrected chi connectivity index (χ1v) is 9.84. The number of aryl methyl sites for hydroxylation is 1. The van der Waals surface area contributed by atoms with Gasteiger partial charge in [-0.15, -0.1) is 0 Å². The number of hydrogen-bond acceptors (Lipinski definition) is 2. The summed E-state index contributed by atoms with van der Waals surface area (Å²) in [4.78, 5) is 16.3. The highest BCUT2D eigenvalue weighted by Crippen LogP contribution is 2.40. The van der Waals surface area contributed by atoms with Gasteiger partial charge < -0.3 is 4.90 Å². The summed E-state index contributed by atoms with van der Waals surface area (Å²) in [6, 6.07) is 28.6. The van der Waals surface area contributed by atoms with Crippen LogP contribution in [0, 0.1) is 6.92 Å². The molecular formula is C26H29NO. The molecule has 1 atom stereocenters. The van der Waals surface area contributed by atoms with Crippen molar-refractivity contribution in [3.8, 4) is 0 Å². The molecule has 0 aliphatic heterocycles. The molecule has 0 saturated carbocycles. The molecule has 0 spiro atoms. The molecule has 144 valence electrons. The summed E-state index contributed by atoms with van der Waals surface area (Å²) in [5, 5.41) is 0. The molecule has 0 aliphatic carbocycles. The first kappa shape index (κ1) is 20.0. The van der Waals surface area contributed by atoms with Crippen LogP contribution in [0.4, 0.5) is 0 Å². The standard InChI is InChI=1S/C26H29NO/c1-20-12-11-13-22(18-20)25(28)26(19-21(2)27(3)4,23-14-7-5-8-15-23)24-16-9-6-10-17-24/h5-18,21H,19H2,1-4H3. The average molecular weight is 372 g/mol. The third kappa shape index (κ3) is 3.93. The Kier molecular flexibility index (Phi) is 6.11. The number of Topliss-reactive ketones (excluding diaryl/α,β-unsaturated/α-hetero) is 1. The van der Waals surface area contributed by atoms with Crippen molar-refractivity contribution in [2.45, 2.75) is 31.7 Å². The van der Waals surface area contributed by atoms with Crippen LogP contribution >= 0.6 is 0 Å². The molecule has 28 heavy (non-hydrogen) atoms. The summed E-state index contributed by atoms with van der Waals surface area (Å²) < 4.78 is 0. The maximum atomic E-state index is 14.2. The Labute approximate surface area is 168 Å². The fourth-order valence-electron chi connectivity index (χ4n) is 3.86. The minimum atomic E-state index is -0.736. The molecule has 0 fully saturated rings. The van der Waals surface area contributed by atoms with Crippen LogP contribution in [0.5, 0.6) is 0 Å². The van der Waals surface area contributed by atoms with Crippen LogP contribution in [0.3, 0.4) is 0 Å². The van der Waals surface area contributed by atoms with Crippen molar-refractivity contribution in [3.63, 3.8) is 0 Å². The second-order valence-corrected chi connectivity index (χ2v) is 7.85. The number of carbonyl (C=O) groups is 1. The monoisotopic (exact) mass is 371 g/mol. The summed E-state index contributed by atoms with van der Waals surface area (Å²) in [6.07, 6.45) is 0.709. The van der Waals surface area contributed by atoms with Crippen molar-refractivity contribution in [1.29, 1.82) is 0 Å². The van der Waals surface area contributed by atoms with Crippen molar-refractivity contribution in [2.24, 2.45) is 0 Å². The van der Waals surface area contributed by atoms with Gasteiger partial charge in [0.25, 0.3) is 0 Å². The molecule has 0 radical (unpaired) electrons. The normalized spacial score (nSPS) is 12.8. The fraction of sp³-hybridized carbons (Fsp3) is 0.269. The largest absolute Gasteiger partial charge is 0.307 e. The zero-order valence-corrected chi connectivity index (χ0v) is 17.2. The van der Waals surface area contributed by atoms with Crippen LogP contribution in [-0.2, 0) is 5.41 Å². The van der Waals surface area contributed by atoms with Gasteiger partial charge in [-0.05, 0) is 51.6 Å². The number of rotatable bonds is 7. The van der Waals surface area contributed by atoms with Gasteiger partial charge in [0.2, 0.25) is 0 Å². The quantitative estimate of drug-likeness (QED) is 0.511. The SMILES string of the molecule is Cc1cccc(C(=O)C(CC(C)N(C)C)(c2ccccc2)c2ccccc2)c1. The van der Waals surface area contributed by atoms with E-state index in [0.29, 0.717) is 6.42 Å². The van der Waals surface area contributed by atoms with E-state index < -0.39 is 5.41 Å². The Morgan fingerprint density at radius 3 is 1.86 bits per heavy atom. The molecule has 3 aromatic carbocycles. The van der Waals surface area contributed by atoms with Gasteiger partial charge in [-0.3, -0.25) is 4.79 Å². The van der Waals surface area contributed by atoms with Crippen molar-refractivity contribution in [1.82, 2.24) is 4.90 Å². The third-order valence-electron chi connectivity index (χ3n) is 5.68. The predicted octanol–water partition coefficient (Wildman–Crippen LogP) is 5.50. The van der Waals surface area contributed by atoms with Gasteiger partial charge in [0, 0.05) is 11.6 Å². The Bertz CT molecular complexity index is 876. The van der Waals surface area contributed by atoms with Crippen molar-refractivity contribution in [3.05, 3.63) is 107 Å². The Hall–Kier alpha value is -2.71. The van der Waals surface area contributed by atoms with Crippen LogP contribution in [0.2, 0.25) is 0 Å². The van der Waals surface area contributed by atoms with Gasteiger partial charge in [0.15, 0.2) is 5.78 Å². The van der Waals surface area contributed by atoms with Crippen LogP contribution < -0.4 is 0 Å². The summed E-state index contributed by atoms with van der Waals surface area (Å²) in [7, 11) is 4.14. The Balaban J connectivity index is 2.28. The lowest BCUT2D eigenvalue weighted by molar-refractivity contribution is 0.0882. The molecule has 0 aliphatic rings. The van der Waals surface area contributed by atoms with E-state index in [2.05, 4.69) is 50.2 Å². The van der Waals surface area contributed by atoms with Gasteiger partial charge in [0.05, 0.1) is 5.41 Å². The van der Waals surface area contributed by atoms with Crippen molar-refractivity contribution < 1.29 is 4.79 Å². The molecule has 3 aromatic rings. The minimum absolute atomic E-state index is 0.155. The predicted molar refractivity (Wildman–Crippen MR) is 117 cm³/mol. The molecule has 0 amide bonds. The van der Waals surface area contributed by atoms with E-state index in [9.17, 15) is 4.79 Å². The maximum absolute atomic E-state index is 14.2. The molecular weight excluding hydrogens is 342 g/mol. The van der Waals surface area contributed by atoms with E-state index in [1.54, 1.807) is 0 Å². The van der Waals surface area contributed by atoms with E-state index in [0.717, 1.165) is 22.3 Å². The Morgan fingerprint density at radius 2 is 1.39 bits per heavy atom. The highest BCUT2D eigenvalue weighted by Gasteiger charge is 2.43. The fourth-order valence-corrected chi connectivity index (χ4v) is 3.86. The van der Waals surface area contributed by atoms with E-state index in [1.807, 2.05) is 67.6 Å². The zero-order chi connectivity index (χ0) is 20.1. The highest BCUT2D eigenvalue weighted by atomic mass is 16.1. The Morgan fingerprint density at radius 1 is 0.857 bits per heavy atom. The van der Waals surface area contributed by atoms with Crippen molar-refractivity contribution in [2.75, 3.05) is 14.1 Å². The molecule has 2 nitrogen and oxygen atoms in total. The minimum Gasteiger partial charge on any atom is -0.307 e. The van der Waals surface area contributed by atoms with E-state index in [-0.39, 0.29) is 11.8 Å². The highest BCUT2D eigenvalue weighted by molar-refractivity contribution is 6.06. The number of nitrogens with zero attached hydrogens (tertiary/aromatic N) is 1. The number of benzene rings is 3. The third-order valence-corrected chi connectivity index (χ3v) is 5.68. The van der Waals surface area contributed by atoms with E-state index >= 15 is 0 Å². The first-order chi connectivity index (χ1) is 13.4. The molecule has 2 heteroatoms. The second kappa shape index (κ2) is 8.53. The average Bonchev–Trinajstić information content (AvgIpc) is 2.72. The number of carbonyl (C=O) groups excluding carboxylic acids is 1. The van der Waals surface area contributed by atoms with E-state index in [1.165, 1.54) is 0 Å². The second-order valence-electron chi connectivity index (χ2n) is 7.85. The van der Waals surface area contributed by atoms with Crippen LogP contribution in [0.1, 0.15) is 40.4 Å². The zero-order valence-electron chi connectivity index (χ0n) is 17.2. The first-order valence-electron chi connectivity index (χ1n) is 9.84. The molecule has 1 unspecified atom stereocenters. The summed E-state index contributed by atoms with van der Waals surface area (Å²) in [6.45, 7) is 4.22. The lowest BCUT2D eigenvalue weighted by Crippen LogP contribution is -2.43. The number of hydrogen-bond donors (Lipinski definition) is 0. The van der Waals surface area contributed by atoms with Gasteiger partial charge in [-0.1, -0.05) is 84.4 Å². The van der Waals surface area contributed by atoms with Gasteiger partial charge in [0.1, 0.15) is 0 Å². The summed E-state index contributed by atoms with van der Waals surface area (Å²) in [5.74, 6) is 0.155. The van der Waals surface area contributed by atoms with Crippen LogP contribution in [-0.4, -0.2) is 30.8 Å². The lowest BCUT2D eigenvalue weighted by atomic mass is 9.66.